The average molecular weight is 299 g/mol. The first kappa shape index (κ1) is 15.9. The van der Waals surface area contributed by atoms with Gasteiger partial charge in [-0.2, -0.15) is 0 Å². The van der Waals surface area contributed by atoms with Crippen molar-refractivity contribution in [2.75, 3.05) is 12.8 Å². The molecule has 0 aliphatic carbocycles. The summed E-state index contributed by atoms with van der Waals surface area (Å²) in [5.74, 6) is 0.903. The van der Waals surface area contributed by atoms with Crippen LogP contribution < -0.4 is 15.2 Å². The third kappa shape index (κ3) is 3.58. The van der Waals surface area contributed by atoms with Gasteiger partial charge in [0.15, 0.2) is 17.3 Å². The Labute approximate surface area is 130 Å². The van der Waals surface area contributed by atoms with Crippen molar-refractivity contribution >= 4 is 11.5 Å². The van der Waals surface area contributed by atoms with Crippen molar-refractivity contribution in [2.45, 2.75) is 20.5 Å². The van der Waals surface area contributed by atoms with Gasteiger partial charge in [0.05, 0.1) is 7.11 Å². The van der Waals surface area contributed by atoms with Gasteiger partial charge in [-0.1, -0.05) is 44.2 Å². The van der Waals surface area contributed by atoms with Gasteiger partial charge in [-0.25, -0.2) is 0 Å². The molecular weight excluding hydrogens is 278 g/mol. The van der Waals surface area contributed by atoms with Crippen LogP contribution in [-0.2, 0) is 6.61 Å². The fourth-order valence-electron chi connectivity index (χ4n) is 2.11. The van der Waals surface area contributed by atoms with Crippen LogP contribution in [0.2, 0.25) is 0 Å². The first-order chi connectivity index (χ1) is 10.5. The maximum Gasteiger partial charge on any atom is 0.167 e. The van der Waals surface area contributed by atoms with Crippen molar-refractivity contribution in [2.24, 2.45) is 5.92 Å². The summed E-state index contributed by atoms with van der Waals surface area (Å²) in [6.07, 6.45) is 0. The molecule has 116 valence electrons. The zero-order valence-electron chi connectivity index (χ0n) is 13.1. The highest BCUT2D eigenvalue weighted by atomic mass is 16.5. The lowest BCUT2D eigenvalue weighted by molar-refractivity contribution is 0.0939. The molecule has 0 aromatic heterocycles. The van der Waals surface area contributed by atoms with Gasteiger partial charge in [-0.15, -0.1) is 0 Å². The summed E-state index contributed by atoms with van der Waals surface area (Å²) in [5.41, 5.74) is 7.87. The maximum absolute atomic E-state index is 12.2. The number of carbonyl (C=O) groups is 1. The molecule has 0 unspecified atom stereocenters. The third-order valence-electron chi connectivity index (χ3n) is 3.36. The number of Topliss-reactive ketones (excluding diaryl/α,β-unsaturated/α-hetero) is 1. The van der Waals surface area contributed by atoms with E-state index >= 15 is 0 Å². The molecule has 4 heteroatoms. The molecule has 0 radical (unpaired) electrons. The van der Waals surface area contributed by atoms with Crippen LogP contribution in [0.3, 0.4) is 0 Å². The van der Waals surface area contributed by atoms with E-state index < -0.39 is 0 Å². The lowest BCUT2D eigenvalue weighted by Gasteiger charge is -2.15. The Morgan fingerprint density at radius 3 is 2.41 bits per heavy atom. The number of hydrogen-bond donors (Lipinski definition) is 1. The molecule has 2 aromatic rings. The van der Waals surface area contributed by atoms with Gasteiger partial charge in [0.1, 0.15) is 6.61 Å². The number of rotatable bonds is 6. The number of ether oxygens (including phenoxy) is 2. The average Bonchev–Trinajstić information content (AvgIpc) is 2.53. The minimum Gasteiger partial charge on any atom is -0.493 e. The Kier molecular flexibility index (Phi) is 5.04. The van der Waals surface area contributed by atoms with Crippen molar-refractivity contribution in [3.63, 3.8) is 0 Å². The van der Waals surface area contributed by atoms with Crippen molar-refractivity contribution in [3.8, 4) is 11.5 Å². The van der Waals surface area contributed by atoms with Crippen LogP contribution in [-0.4, -0.2) is 12.9 Å². The molecule has 0 bridgehead atoms. The Bertz CT molecular complexity index is 651. The van der Waals surface area contributed by atoms with Crippen LogP contribution in [0.5, 0.6) is 11.5 Å². The van der Waals surface area contributed by atoms with E-state index in [0.29, 0.717) is 29.4 Å². The molecule has 2 N–H and O–H groups in total. The highest BCUT2D eigenvalue weighted by Crippen LogP contribution is 2.33. The number of nitrogens with two attached hydrogens (primary N) is 1. The largest absolute Gasteiger partial charge is 0.493 e. The Morgan fingerprint density at radius 2 is 1.82 bits per heavy atom. The van der Waals surface area contributed by atoms with Gasteiger partial charge >= 0.3 is 0 Å². The lowest BCUT2D eigenvalue weighted by Crippen LogP contribution is -2.11. The Morgan fingerprint density at radius 1 is 1.14 bits per heavy atom. The SMILES string of the molecule is COc1cc(N)c(C(=O)C(C)C)cc1OCc1ccccc1. The van der Waals surface area contributed by atoms with E-state index in [4.69, 9.17) is 15.2 Å². The second-order valence-corrected chi connectivity index (χ2v) is 5.38. The van der Waals surface area contributed by atoms with Crippen molar-refractivity contribution in [1.82, 2.24) is 0 Å². The van der Waals surface area contributed by atoms with Crippen LogP contribution in [0.1, 0.15) is 29.8 Å². The third-order valence-corrected chi connectivity index (χ3v) is 3.36. The van der Waals surface area contributed by atoms with E-state index in [0.717, 1.165) is 5.56 Å². The minimum absolute atomic E-state index is 0.00952. The predicted octanol–water partition coefficient (Wildman–Crippen LogP) is 3.70. The highest BCUT2D eigenvalue weighted by molar-refractivity contribution is 6.02. The smallest absolute Gasteiger partial charge is 0.167 e. The molecule has 22 heavy (non-hydrogen) atoms. The Hall–Kier alpha value is -2.49. The summed E-state index contributed by atoms with van der Waals surface area (Å²) < 4.78 is 11.1. The topological polar surface area (TPSA) is 61.5 Å². The zero-order valence-corrected chi connectivity index (χ0v) is 13.1. The van der Waals surface area contributed by atoms with Crippen LogP contribution in [0.4, 0.5) is 5.69 Å². The van der Waals surface area contributed by atoms with E-state index in [-0.39, 0.29) is 11.7 Å². The van der Waals surface area contributed by atoms with Crippen molar-refractivity contribution in [1.29, 1.82) is 0 Å². The summed E-state index contributed by atoms with van der Waals surface area (Å²) in [7, 11) is 1.55. The summed E-state index contributed by atoms with van der Waals surface area (Å²) in [4.78, 5) is 12.2. The molecule has 2 rings (SSSR count). The predicted molar refractivity (Wildman–Crippen MR) is 87.3 cm³/mol. The number of nitrogen functional groups attached to an aromatic ring is 1. The first-order valence-electron chi connectivity index (χ1n) is 7.21. The fourth-order valence-corrected chi connectivity index (χ4v) is 2.11. The molecule has 2 aromatic carbocycles. The molecule has 0 saturated heterocycles. The van der Waals surface area contributed by atoms with E-state index in [2.05, 4.69) is 0 Å². The van der Waals surface area contributed by atoms with E-state index in [9.17, 15) is 4.79 Å². The summed E-state index contributed by atoms with van der Waals surface area (Å²) in [6, 6.07) is 13.1. The normalized spacial score (nSPS) is 10.5. The van der Waals surface area contributed by atoms with Crippen LogP contribution in [0.15, 0.2) is 42.5 Å². The number of hydrogen-bond acceptors (Lipinski definition) is 4. The summed E-state index contributed by atoms with van der Waals surface area (Å²) in [6.45, 7) is 4.09. The minimum atomic E-state index is -0.127. The number of anilines is 1. The second kappa shape index (κ2) is 6.98. The molecule has 4 nitrogen and oxygen atoms in total. The molecule has 0 aliphatic heterocycles. The van der Waals surface area contributed by atoms with Crippen molar-refractivity contribution in [3.05, 3.63) is 53.6 Å². The van der Waals surface area contributed by atoms with Gasteiger partial charge in [-0.3, -0.25) is 4.79 Å². The van der Waals surface area contributed by atoms with Crippen molar-refractivity contribution < 1.29 is 14.3 Å². The number of carbonyl (C=O) groups excluding carboxylic acids is 1. The molecule has 0 atom stereocenters. The molecule has 0 spiro atoms. The van der Waals surface area contributed by atoms with E-state index in [1.807, 2.05) is 44.2 Å². The van der Waals surface area contributed by atoms with Crippen LogP contribution >= 0.6 is 0 Å². The zero-order chi connectivity index (χ0) is 16.1. The second-order valence-electron chi connectivity index (χ2n) is 5.38. The molecular formula is C18H21NO3. The summed E-state index contributed by atoms with van der Waals surface area (Å²) in [5, 5.41) is 0. The number of ketones is 1. The lowest BCUT2D eigenvalue weighted by atomic mass is 9.99. The van der Waals surface area contributed by atoms with Gasteiger partial charge in [0, 0.05) is 23.2 Å². The number of methoxy groups -OCH3 is 1. The van der Waals surface area contributed by atoms with E-state index in [1.165, 1.54) is 0 Å². The van der Waals surface area contributed by atoms with Gasteiger partial charge in [-0.05, 0) is 11.6 Å². The van der Waals surface area contributed by atoms with E-state index in [1.54, 1.807) is 19.2 Å². The standard InChI is InChI=1S/C18H21NO3/c1-12(2)18(20)14-9-17(16(21-3)10-15(14)19)22-11-13-7-5-4-6-8-13/h4-10,12H,11,19H2,1-3H3. The number of benzene rings is 2. The van der Waals surface area contributed by atoms with Crippen LogP contribution in [0.25, 0.3) is 0 Å². The quantitative estimate of drug-likeness (QED) is 0.652. The first-order valence-corrected chi connectivity index (χ1v) is 7.21. The maximum atomic E-state index is 12.2. The van der Waals surface area contributed by atoms with Gasteiger partial charge in [0.2, 0.25) is 0 Å². The molecule has 0 aliphatic rings. The van der Waals surface area contributed by atoms with Gasteiger partial charge in [0.25, 0.3) is 0 Å². The molecule has 0 amide bonds. The monoisotopic (exact) mass is 299 g/mol. The molecule has 0 heterocycles. The van der Waals surface area contributed by atoms with Crippen LogP contribution in [0, 0.1) is 5.92 Å². The Balaban J connectivity index is 2.28. The molecule has 0 fully saturated rings. The van der Waals surface area contributed by atoms with Gasteiger partial charge < -0.3 is 15.2 Å². The molecule has 0 saturated carbocycles. The summed E-state index contributed by atoms with van der Waals surface area (Å²) >= 11 is 0. The highest BCUT2D eigenvalue weighted by Gasteiger charge is 2.18. The fraction of sp³-hybridized carbons (Fsp3) is 0.278.